The second-order valence-electron chi connectivity index (χ2n) is 7.16. The van der Waals surface area contributed by atoms with Gasteiger partial charge in [-0.3, -0.25) is 14.5 Å². The van der Waals surface area contributed by atoms with Gasteiger partial charge in [-0.25, -0.2) is 0 Å². The van der Waals surface area contributed by atoms with Gasteiger partial charge in [0.1, 0.15) is 0 Å². The summed E-state index contributed by atoms with van der Waals surface area (Å²) in [5, 5.41) is 0. The van der Waals surface area contributed by atoms with E-state index in [0.717, 1.165) is 32.6 Å². The molecule has 3 aliphatic rings. The van der Waals surface area contributed by atoms with Crippen LogP contribution in [0.15, 0.2) is 53.5 Å². The van der Waals surface area contributed by atoms with Gasteiger partial charge in [-0.1, -0.05) is 30.3 Å². The van der Waals surface area contributed by atoms with Crippen LogP contribution in [0, 0.1) is 5.92 Å². The largest absolute Gasteiger partial charge is 0.337 e. The monoisotopic (exact) mass is 337 g/mol. The van der Waals surface area contributed by atoms with Crippen LogP contribution in [0.25, 0.3) is 0 Å². The van der Waals surface area contributed by atoms with Gasteiger partial charge in [-0.05, 0) is 30.4 Å². The van der Waals surface area contributed by atoms with Crippen molar-refractivity contribution in [2.24, 2.45) is 5.92 Å². The molecule has 1 aromatic carbocycles. The van der Waals surface area contributed by atoms with Crippen molar-refractivity contribution in [1.29, 1.82) is 0 Å². The summed E-state index contributed by atoms with van der Waals surface area (Å²) in [7, 11) is 0. The number of carbonyl (C=O) groups is 1. The van der Waals surface area contributed by atoms with E-state index in [-0.39, 0.29) is 11.5 Å². The highest BCUT2D eigenvalue weighted by Crippen LogP contribution is 2.29. The topological polar surface area (TPSA) is 56.4 Å². The van der Waals surface area contributed by atoms with E-state index in [0.29, 0.717) is 17.5 Å². The van der Waals surface area contributed by atoms with Gasteiger partial charge < -0.3 is 9.88 Å². The van der Waals surface area contributed by atoms with Crippen molar-refractivity contribution in [3.63, 3.8) is 0 Å². The van der Waals surface area contributed by atoms with Crippen LogP contribution in [0.1, 0.15) is 28.8 Å². The fourth-order valence-corrected chi connectivity index (χ4v) is 4.08. The number of piperidine rings is 1. The molecule has 5 rings (SSSR count). The number of benzene rings is 1. The van der Waals surface area contributed by atoms with Crippen LogP contribution in [0.3, 0.4) is 0 Å². The number of amides is 1. The van der Waals surface area contributed by atoms with Gasteiger partial charge in [0.15, 0.2) is 0 Å². The zero-order chi connectivity index (χ0) is 17.2. The molecule has 0 radical (unpaired) electrons. The van der Waals surface area contributed by atoms with E-state index in [1.54, 1.807) is 6.07 Å². The van der Waals surface area contributed by atoms with Crippen molar-refractivity contribution < 1.29 is 4.79 Å². The minimum atomic E-state index is -0.179. The van der Waals surface area contributed by atoms with E-state index in [1.807, 2.05) is 11.0 Å². The van der Waals surface area contributed by atoms with E-state index in [4.69, 9.17) is 0 Å². The number of carbonyl (C=O) groups excluding carboxylic acids is 1. The molecule has 0 unspecified atom stereocenters. The molecule has 2 atom stereocenters. The summed E-state index contributed by atoms with van der Waals surface area (Å²) in [6.45, 7) is 3.57. The Balaban J connectivity index is 1.50. The molecule has 2 bridgehead atoms. The van der Waals surface area contributed by atoms with Crippen molar-refractivity contribution in [3.8, 4) is 0 Å². The lowest BCUT2D eigenvalue weighted by molar-refractivity contribution is 0.0735. The fourth-order valence-electron chi connectivity index (χ4n) is 4.08. The van der Waals surface area contributed by atoms with Crippen LogP contribution in [-0.4, -0.2) is 46.4 Å². The van der Waals surface area contributed by atoms with Crippen LogP contribution in [0.2, 0.25) is 0 Å². The summed E-state index contributed by atoms with van der Waals surface area (Å²) in [5.74, 6) is 0.545. The van der Waals surface area contributed by atoms with Crippen LogP contribution >= 0.6 is 0 Å². The molecule has 5 nitrogen and oxygen atoms in total. The third-order valence-corrected chi connectivity index (χ3v) is 5.37. The molecule has 1 aromatic heterocycles. The SMILES string of the molecule is O=C(c1ccc(=O)[nH]c1)N1C[C@@H]2CC[C@H](C1)N(Cc1ccccc1)C2. The number of nitrogens with zero attached hydrogens (tertiary/aromatic N) is 2. The predicted molar refractivity (Wildman–Crippen MR) is 96.3 cm³/mol. The minimum absolute atomic E-state index is 0.0229. The maximum Gasteiger partial charge on any atom is 0.255 e. The average Bonchev–Trinajstić information content (AvgIpc) is 2.94. The second kappa shape index (κ2) is 6.84. The van der Waals surface area contributed by atoms with Gasteiger partial charge in [0.25, 0.3) is 5.91 Å². The molecule has 5 heteroatoms. The average molecular weight is 337 g/mol. The van der Waals surface area contributed by atoms with E-state index in [1.165, 1.54) is 24.2 Å². The molecular formula is C20H23N3O2. The lowest BCUT2D eigenvalue weighted by Crippen LogP contribution is -2.43. The van der Waals surface area contributed by atoms with Gasteiger partial charge >= 0.3 is 0 Å². The molecule has 4 heterocycles. The fraction of sp³-hybridized carbons (Fsp3) is 0.400. The maximum absolute atomic E-state index is 12.8. The van der Waals surface area contributed by atoms with Crippen molar-refractivity contribution in [1.82, 2.24) is 14.8 Å². The van der Waals surface area contributed by atoms with Crippen LogP contribution in [0.4, 0.5) is 0 Å². The van der Waals surface area contributed by atoms with Gasteiger partial charge in [-0.15, -0.1) is 0 Å². The standard InChI is InChI=1S/C20H23N3O2/c24-19-9-7-17(10-21-19)20(25)23-13-16-6-8-18(14-23)22(12-16)11-15-4-2-1-3-5-15/h1-5,7,9-10,16,18H,6,8,11-14H2,(H,21,24)/t16-,18-/m1/s1. The summed E-state index contributed by atoms with van der Waals surface area (Å²) in [5.41, 5.74) is 1.71. The molecule has 3 saturated heterocycles. The van der Waals surface area contributed by atoms with Crippen molar-refractivity contribution in [2.45, 2.75) is 25.4 Å². The molecule has 25 heavy (non-hydrogen) atoms. The Labute approximate surface area is 147 Å². The number of pyridine rings is 1. The van der Waals surface area contributed by atoms with Crippen molar-refractivity contribution >= 4 is 5.91 Å². The summed E-state index contributed by atoms with van der Waals surface area (Å²) in [6, 6.07) is 14.0. The third kappa shape index (κ3) is 3.51. The zero-order valence-corrected chi connectivity index (χ0v) is 14.2. The van der Waals surface area contributed by atoms with Gasteiger partial charge in [0.05, 0.1) is 5.56 Å². The highest BCUT2D eigenvalue weighted by molar-refractivity contribution is 5.93. The molecule has 3 fully saturated rings. The van der Waals surface area contributed by atoms with Crippen LogP contribution in [0.5, 0.6) is 0 Å². The molecule has 0 spiro atoms. The van der Waals surface area contributed by atoms with Gasteiger partial charge in [0, 0.05) is 44.5 Å². The zero-order valence-electron chi connectivity index (χ0n) is 14.2. The smallest absolute Gasteiger partial charge is 0.255 e. The highest BCUT2D eigenvalue weighted by atomic mass is 16.2. The normalized spacial score (nSPS) is 23.4. The first-order valence-electron chi connectivity index (χ1n) is 8.95. The summed E-state index contributed by atoms with van der Waals surface area (Å²) >= 11 is 0. The lowest BCUT2D eigenvalue weighted by atomic mass is 9.94. The summed E-state index contributed by atoms with van der Waals surface area (Å²) < 4.78 is 0. The molecule has 0 saturated carbocycles. The van der Waals surface area contributed by atoms with Crippen molar-refractivity contribution in [3.05, 3.63) is 70.1 Å². The van der Waals surface area contributed by atoms with Crippen molar-refractivity contribution in [2.75, 3.05) is 19.6 Å². The first-order chi connectivity index (χ1) is 12.2. The lowest BCUT2D eigenvalue weighted by Gasteiger charge is -2.36. The molecule has 3 aliphatic heterocycles. The van der Waals surface area contributed by atoms with Crippen LogP contribution in [-0.2, 0) is 6.54 Å². The number of rotatable bonds is 3. The molecule has 1 N–H and O–H groups in total. The minimum Gasteiger partial charge on any atom is -0.337 e. The Kier molecular flexibility index (Phi) is 4.40. The van der Waals surface area contributed by atoms with E-state index >= 15 is 0 Å². The number of hydrogen-bond donors (Lipinski definition) is 1. The Morgan fingerprint density at radius 1 is 1.04 bits per heavy atom. The van der Waals surface area contributed by atoms with E-state index in [9.17, 15) is 9.59 Å². The summed E-state index contributed by atoms with van der Waals surface area (Å²) in [6.07, 6.45) is 3.86. The number of hydrogen-bond acceptors (Lipinski definition) is 3. The number of H-pyrrole nitrogens is 1. The van der Waals surface area contributed by atoms with Crippen LogP contribution < -0.4 is 5.56 Å². The number of aromatic nitrogens is 1. The Bertz CT molecular complexity index is 782. The number of nitrogens with one attached hydrogen (secondary N) is 1. The Morgan fingerprint density at radius 2 is 1.88 bits per heavy atom. The molecule has 2 aromatic rings. The first kappa shape index (κ1) is 16.1. The Hall–Kier alpha value is -2.40. The highest BCUT2D eigenvalue weighted by Gasteiger charge is 2.36. The quantitative estimate of drug-likeness (QED) is 0.933. The molecule has 130 valence electrons. The number of fused-ring (bicyclic) bond motifs is 4. The molecule has 1 amide bonds. The number of aromatic amines is 1. The van der Waals surface area contributed by atoms with E-state index in [2.05, 4.69) is 34.1 Å². The first-order valence-corrected chi connectivity index (χ1v) is 8.95. The second-order valence-corrected chi connectivity index (χ2v) is 7.16. The van der Waals surface area contributed by atoms with Gasteiger partial charge in [0.2, 0.25) is 5.56 Å². The summed E-state index contributed by atoms with van der Waals surface area (Å²) in [4.78, 5) is 31.2. The molecular weight excluding hydrogens is 314 g/mol. The van der Waals surface area contributed by atoms with E-state index < -0.39 is 0 Å². The predicted octanol–water partition coefficient (Wildman–Crippen LogP) is 2.11. The maximum atomic E-state index is 12.8. The van der Waals surface area contributed by atoms with Gasteiger partial charge in [-0.2, -0.15) is 0 Å². The molecule has 0 aliphatic carbocycles. The third-order valence-electron chi connectivity index (χ3n) is 5.37. The Morgan fingerprint density at radius 3 is 2.64 bits per heavy atom.